The Morgan fingerprint density at radius 2 is 1.89 bits per heavy atom. The zero-order valence-electron chi connectivity index (χ0n) is 16.2. The molecule has 0 radical (unpaired) electrons. The number of amides is 1. The van der Waals surface area contributed by atoms with Crippen molar-refractivity contribution in [3.05, 3.63) is 53.6 Å². The number of hydrogen-bond acceptors (Lipinski definition) is 4. The first-order chi connectivity index (χ1) is 13.3. The lowest BCUT2D eigenvalue weighted by molar-refractivity contribution is -0.119. The maximum absolute atomic E-state index is 13.3. The van der Waals surface area contributed by atoms with Crippen LogP contribution in [-0.2, 0) is 14.8 Å². The number of anilines is 1. The van der Waals surface area contributed by atoms with Crippen LogP contribution >= 0.6 is 11.6 Å². The van der Waals surface area contributed by atoms with Crippen LogP contribution in [0.5, 0.6) is 5.75 Å². The Morgan fingerprint density at radius 1 is 1.18 bits per heavy atom. The Morgan fingerprint density at radius 3 is 2.54 bits per heavy atom. The summed E-state index contributed by atoms with van der Waals surface area (Å²) in [5, 5.41) is 3.07. The number of hydrogen-bond donors (Lipinski definition) is 1. The van der Waals surface area contributed by atoms with E-state index in [-0.39, 0.29) is 17.1 Å². The fourth-order valence-corrected chi connectivity index (χ4v) is 4.31. The van der Waals surface area contributed by atoms with E-state index in [9.17, 15) is 13.2 Å². The summed E-state index contributed by atoms with van der Waals surface area (Å²) in [6.45, 7) is 4.22. The first-order valence-corrected chi connectivity index (χ1v) is 10.8. The van der Waals surface area contributed by atoms with Gasteiger partial charge in [-0.05, 0) is 42.7 Å². The molecule has 2 rings (SSSR count). The van der Waals surface area contributed by atoms with E-state index in [1.165, 1.54) is 19.2 Å². The van der Waals surface area contributed by atoms with Gasteiger partial charge in [-0.2, -0.15) is 0 Å². The van der Waals surface area contributed by atoms with Crippen molar-refractivity contribution < 1.29 is 17.9 Å². The number of nitrogens with one attached hydrogen (secondary N) is 1. The third-order valence-corrected chi connectivity index (χ3v) is 6.06. The third kappa shape index (κ3) is 5.62. The van der Waals surface area contributed by atoms with Gasteiger partial charge in [0.05, 0.1) is 17.7 Å². The molecular formula is C20H25ClN2O4S. The summed E-state index contributed by atoms with van der Waals surface area (Å²) in [5.74, 6) is 0.390. The van der Waals surface area contributed by atoms with E-state index in [1.807, 2.05) is 0 Å². The zero-order valence-corrected chi connectivity index (χ0v) is 17.8. The Bertz CT molecular complexity index is 916. The summed E-state index contributed by atoms with van der Waals surface area (Å²) in [4.78, 5) is 12.5. The van der Waals surface area contributed by atoms with E-state index in [2.05, 4.69) is 19.2 Å². The number of rotatable bonds is 9. The fourth-order valence-electron chi connectivity index (χ4n) is 2.58. The maximum atomic E-state index is 13.3. The number of sulfonamides is 1. The monoisotopic (exact) mass is 424 g/mol. The molecule has 0 unspecified atom stereocenters. The molecule has 1 amide bonds. The van der Waals surface area contributed by atoms with E-state index >= 15 is 0 Å². The second-order valence-corrected chi connectivity index (χ2v) is 8.97. The molecule has 0 saturated heterocycles. The minimum absolute atomic E-state index is 0.000821. The minimum atomic E-state index is -4.04. The Labute approximate surface area is 171 Å². The van der Waals surface area contributed by atoms with Crippen molar-refractivity contribution in [1.29, 1.82) is 0 Å². The molecule has 0 saturated carbocycles. The Kier molecular flexibility index (Phi) is 7.71. The highest BCUT2D eigenvalue weighted by Gasteiger charge is 2.29. The van der Waals surface area contributed by atoms with Crippen molar-refractivity contribution in [2.24, 2.45) is 5.92 Å². The van der Waals surface area contributed by atoms with Crippen LogP contribution in [0.3, 0.4) is 0 Å². The van der Waals surface area contributed by atoms with Crippen LogP contribution in [0.4, 0.5) is 5.69 Å². The average Bonchev–Trinajstić information content (AvgIpc) is 2.65. The van der Waals surface area contributed by atoms with E-state index in [1.54, 1.807) is 36.4 Å². The van der Waals surface area contributed by atoms with Crippen LogP contribution in [-0.4, -0.2) is 34.5 Å². The third-order valence-electron chi connectivity index (χ3n) is 4.07. The molecule has 0 atom stereocenters. The molecule has 8 heteroatoms. The molecule has 0 aliphatic carbocycles. The standard InChI is InChI=1S/C20H25ClN2O4S/c1-15(2)11-12-22-20(24)14-23(18-9-4-5-10-19(18)27-3)28(25,26)17-8-6-7-16(21)13-17/h4-10,13,15H,11-12,14H2,1-3H3,(H,22,24). The number of nitrogens with zero attached hydrogens (tertiary/aromatic N) is 1. The fraction of sp³-hybridized carbons (Fsp3) is 0.350. The van der Waals surface area contributed by atoms with Crippen molar-refractivity contribution in [2.75, 3.05) is 24.5 Å². The highest BCUT2D eigenvalue weighted by molar-refractivity contribution is 7.92. The molecule has 6 nitrogen and oxygen atoms in total. The number of halogens is 1. The Hall–Kier alpha value is -2.25. The molecule has 1 N–H and O–H groups in total. The van der Waals surface area contributed by atoms with Gasteiger partial charge in [-0.3, -0.25) is 9.10 Å². The maximum Gasteiger partial charge on any atom is 0.264 e. The predicted octanol–water partition coefficient (Wildman–Crippen LogP) is 3.71. The number of carbonyl (C=O) groups excluding carboxylic acids is 1. The summed E-state index contributed by atoms with van der Waals surface area (Å²) in [6, 6.07) is 12.6. The van der Waals surface area contributed by atoms with E-state index < -0.39 is 15.9 Å². The smallest absolute Gasteiger partial charge is 0.264 e. The van der Waals surface area contributed by atoms with E-state index in [0.29, 0.717) is 23.2 Å². The average molecular weight is 425 g/mol. The molecule has 2 aromatic carbocycles. The van der Waals surface area contributed by atoms with Gasteiger partial charge in [0.15, 0.2) is 0 Å². The summed E-state index contributed by atoms with van der Waals surface area (Å²) in [5.41, 5.74) is 0.281. The van der Waals surface area contributed by atoms with Gasteiger partial charge >= 0.3 is 0 Å². The highest BCUT2D eigenvalue weighted by atomic mass is 35.5. The predicted molar refractivity (Wildman–Crippen MR) is 111 cm³/mol. The largest absolute Gasteiger partial charge is 0.495 e. The lowest BCUT2D eigenvalue weighted by Crippen LogP contribution is -2.41. The summed E-state index contributed by atoms with van der Waals surface area (Å²) in [7, 11) is -2.59. The lowest BCUT2D eigenvalue weighted by Gasteiger charge is -2.25. The first kappa shape index (κ1) is 22.0. The number of benzene rings is 2. The van der Waals surface area contributed by atoms with Crippen molar-refractivity contribution >= 4 is 33.2 Å². The molecule has 0 heterocycles. The van der Waals surface area contributed by atoms with E-state index in [4.69, 9.17) is 16.3 Å². The quantitative estimate of drug-likeness (QED) is 0.665. The molecule has 0 fully saturated rings. The molecule has 28 heavy (non-hydrogen) atoms. The van der Waals surface area contributed by atoms with Gasteiger partial charge in [-0.1, -0.05) is 43.6 Å². The second kappa shape index (κ2) is 9.80. The van der Waals surface area contributed by atoms with Crippen LogP contribution in [0.15, 0.2) is 53.4 Å². The van der Waals surface area contributed by atoms with Crippen LogP contribution in [0, 0.1) is 5.92 Å². The Balaban J connectivity index is 2.40. The first-order valence-electron chi connectivity index (χ1n) is 8.93. The van der Waals surface area contributed by atoms with Crippen LogP contribution in [0.25, 0.3) is 0 Å². The molecule has 0 spiro atoms. The van der Waals surface area contributed by atoms with Gasteiger partial charge in [-0.15, -0.1) is 0 Å². The van der Waals surface area contributed by atoms with Gasteiger partial charge < -0.3 is 10.1 Å². The molecule has 0 aliphatic heterocycles. The molecule has 0 aromatic heterocycles. The minimum Gasteiger partial charge on any atom is -0.495 e. The normalized spacial score (nSPS) is 11.3. The van der Waals surface area contributed by atoms with Crippen molar-refractivity contribution in [1.82, 2.24) is 5.32 Å². The molecule has 0 bridgehead atoms. The summed E-state index contributed by atoms with van der Waals surface area (Å²) in [6.07, 6.45) is 0.807. The number of para-hydroxylation sites is 2. The van der Waals surface area contributed by atoms with Gasteiger partial charge in [0, 0.05) is 11.6 Å². The van der Waals surface area contributed by atoms with Crippen LogP contribution in [0.2, 0.25) is 5.02 Å². The SMILES string of the molecule is COc1ccccc1N(CC(=O)NCCC(C)C)S(=O)(=O)c1cccc(Cl)c1. The number of ether oxygens (including phenoxy) is 1. The molecule has 2 aromatic rings. The van der Waals surface area contributed by atoms with Gasteiger partial charge in [0.2, 0.25) is 5.91 Å². The van der Waals surface area contributed by atoms with Crippen LogP contribution in [0.1, 0.15) is 20.3 Å². The highest BCUT2D eigenvalue weighted by Crippen LogP contribution is 2.32. The van der Waals surface area contributed by atoms with Gasteiger partial charge in [-0.25, -0.2) is 8.42 Å². The topological polar surface area (TPSA) is 75.7 Å². The zero-order chi connectivity index (χ0) is 20.7. The molecule has 0 aliphatic rings. The van der Waals surface area contributed by atoms with Crippen molar-refractivity contribution in [2.45, 2.75) is 25.2 Å². The number of methoxy groups -OCH3 is 1. The van der Waals surface area contributed by atoms with Crippen molar-refractivity contribution in [3.8, 4) is 5.75 Å². The lowest BCUT2D eigenvalue weighted by atomic mass is 10.1. The van der Waals surface area contributed by atoms with Crippen molar-refractivity contribution in [3.63, 3.8) is 0 Å². The van der Waals surface area contributed by atoms with Crippen LogP contribution < -0.4 is 14.4 Å². The van der Waals surface area contributed by atoms with Gasteiger partial charge in [0.25, 0.3) is 10.0 Å². The number of carbonyl (C=O) groups is 1. The molecule has 152 valence electrons. The summed E-state index contributed by atoms with van der Waals surface area (Å²) >= 11 is 5.98. The second-order valence-electron chi connectivity index (χ2n) is 6.67. The van der Waals surface area contributed by atoms with Gasteiger partial charge in [0.1, 0.15) is 12.3 Å². The van der Waals surface area contributed by atoms with E-state index in [0.717, 1.165) is 10.7 Å². The summed E-state index contributed by atoms with van der Waals surface area (Å²) < 4.78 is 33.0. The molecular weight excluding hydrogens is 400 g/mol.